The smallest absolute Gasteiger partial charge is 0.318 e. The number of piperazine rings is 1. The summed E-state index contributed by atoms with van der Waals surface area (Å²) in [5, 5.41) is 13.0. The van der Waals surface area contributed by atoms with Crippen LogP contribution >= 0.6 is 0 Å². The number of rotatable bonds is 12. The first-order chi connectivity index (χ1) is 25.6. The van der Waals surface area contributed by atoms with E-state index in [0.717, 1.165) is 38.9 Å². The van der Waals surface area contributed by atoms with Crippen LogP contribution in [0.5, 0.6) is 17.4 Å². The number of piperidine rings is 1. The van der Waals surface area contributed by atoms with Gasteiger partial charge in [-0.25, -0.2) is 18.2 Å². The molecule has 3 amide bonds. The monoisotopic (exact) mass is 745 g/mol. The Balaban J connectivity index is 1.41. The zero-order valence-electron chi connectivity index (χ0n) is 30.7. The van der Waals surface area contributed by atoms with Gasteiger partial charge >= 0.3 is 6.03 Å². The highest BCUT2D eigenvalue weighted by atomic mass is 32.2. The molecule has 3 aromatic rings. The van der Waals surface area contributed by atoms with E-state index in [1.807, 2.05) is 0 Å². The highest BCUT2D eigenvalue weighted by molar-refractivity contribution is 7.93. The minimum atomic E-state index is -4.71. The molecule has 1 atom stereocenters. The number of likely N-dealkylation sites (tertiary alicyclic amines) is 1. The van der Waals surface area contributed by atoms with E-state index in [0.29, 0.717) is 42.3 Å². The van der Waals surface area contributed by atoms with Crippen molar-refractivity contribution in [3.05, 3.63) is 71.4 Å². The molecule has 3 aliphatic rings. The fraction of sp³-hybridized carbons (Fsp3) is 0.474. The lowest BCUT2D eigenvalue weighted by Crippen LogP contribution is -2.61. The number of methoxy groups -OCH3 is 1. The van der Waals surface area contributed by atoms with Crippen LogP contribution < -0.4 is 23.8 Å². The summed E-state index contributed by atoms with van der Waals surface area (Å²) in [6.45, 7) is 11.4. The predicted molar refractivity (Wildman–Crippen MR) is 198 cm³/mol. The lowest BCUT2D eigenvalue weighted by Gasteiger charge is -2.43. The number of carbonyl (C=O) groups is 2. The number of fused-ring (bicyclic) bond motifs is 1. The molecule has 4 heterocycles. The number of urea groups is 1. The van der Waals surface area contributed by atoms with Gasteiger partial charge in [0.2, 0.25) is 5.88 Å². The molecule has 1 N–H and O–H groups in total. The first-order valence-corrected chi connectivity index (χ1v) is 19.6. The van der Waals surface area contributed by atoms with Crippen molar-refractivity contribution in [1.29, 1.82) is 5.26 Å². The topological polar surface area (TPSA) is 158 Å². The average molecular weight is 746 g/mol. The van der Waals surface area contributed by atoms with Gasteiger partial charge in [-0.2, -0.15) is 9.57 Å². The summed E-state index contributed by atoms with van der Waals surface area (Å²) in [6.07, 6.45) is 4.77. The van der Waals surface area contributed by atoms with Crippen LogP contribution in [0.25, 0.3) is 0 Å². The van der Waals surface area contributed by atoms with E-state index >= 15 is 4.79 Å². The number of nitrogens with one attached hydrogen (secondary N) is 1. The third-order valence-corrected chi connectivity index (χ3v) is 11.9. The van der Waals surface area contributed by atoms with Crippen LogP contribution in [0.2, 0.25) is 0 Å². The van der Waals surface area contributed by atoms with E-state index in [1.165, 1.54) is 49.7 Å². The molecule has 0 saturated carbocycles. The highest BCUT2D eigenvalue weighted by Crippen LogP contribution is 2.50. The van der Waals surface area contributed by atoms with Crippen molar-refractivity contribution >= 4 is 27.6 Å². The lowest BCUT2D eigenvalue weighted by atomic mass is 9.83. The van der Waals surface area contributed by atoms with E-state index in [2.05, 4.69) is 33.1 Å². The maximum Gasteiger partial charge on any atom is 0.318 e. The molecule has 2 fully saturated rings. The third-order valence-electron chi connectivity index (χ3n) is 10.2. The molecule has 53 heavy (non-hydrogen) atoms. The second-order valence-corrected chi connectivity index (χ2v) is 15.0. The number of ether oxygens (including phenoxy) is 3. The SMILES string of the molecule is CCCN1CCC(N2CCN(C(=O)NC3(c4cccnc4OCC)C(=O)N(S(=O)(=O)c4ccc(OC)cc4OCC)c4ccc(C#N)cc43)CC2)CC1. The first kappa shape index (κ1) is 37.8. The Bertz CT molecular complexity index is 1970. The molecule has 1 unspecified atom stereocenters. The first-order valence-electron chi connectivity index (χ1n) is 18.2. The van der Waals surface area contributed by atoms with Crippen LogP contribution in [-0.2, 0) is 20.4 Å². The molecule has 282 valence electrons. The van der Waals surface area contributed by atoms with Crippen molar-refractivity contribution in [2.45, 2.75) is 56.5 Å². The van der Waals surface area contributed by atoms with Crippen molar-refractivity contribution in [3.63, 3.8) is 0 Å². The maximum atomic E-state index is 15.3. The number of nitriles is 1. The summed E-state index contributed by atoms with van der Waals surface area (Å²) in [5.74, 6) is -0.600. The second kappa shape index (κ2) is 16.0. The standard InChI is InChI=1S/C38H47N7O7S/c1-5-17-42-18-14-28(15-19-42)43-20-22-44(23-21-43)37(47)41-38(30-9-8-16-40-35(30)52-7-3)31-24-27(26-39)10-12-32(31)45(36(38)46)53(48,49)34-13-11-29(50-4)25-33(34)51-6-2/h8-13,16,24-25,28H,5-7,14-15,17-23H2,1-4H3,(H,41,47). The summed E-state index contributed by atoms with van der Waals surface area (Å²) in [4.78, 5) is 40.4. The molecule has 14 nitrogen and oxygen atoms in total. The number of hydrogen-bond acceptors (Lipinski definition) is 11. The van der Waals surface area contributed by atoms with Gasteiger partial charge in [0.25, 0.3) is 15.9 Å². The van der Waals surface area contributed by atoms with Crippen LogP contribution in [-0.4, -0.2) is 112 Å². The lowest BCUT2D eigenvalue weighted by molar-refractivity contribution is -0.121. The Hall–Kier alpha value is -4.91. The number of hydrogen-bond donors (Lipinski definition) is 1. The zero-order chi connectivity index (χ0) is 37.8. The number of pyridine rings is 1. The Morgan fingerprint density at radius 3 is 2.38 bits per heavy atom. The van der Waals surface area contributed by atoms with E-state index in [-0.39, 0.29) is 52.1 Å². The molecule has 1 aromatic heterocycles. The highest BCUT2D eigenvalue weighted by Gasteiger charge is 2.59. The second-order valence-electron chi connectivity index (χ2n) is 13.2. The van der Waals surface area contributed by atoms with Gasteiger partial charge in [-0.1, -0.05) is 6.92 Å². The summed E-state index contributed by atoms with van der Waals surface area (Å²) in [5.41, 5.74) is -1.79. The molecule has 2 saturated heterocycles. The summed E-state index contributed by atoms with van der Waals surface area (Å²) in [7, 11) is -3.26. The summed E-state index contributed by atoms with van der Waals surface area (Å²) < 4.78 is 47.1. The predicted octanol–water partition coefficient (Wildman–Crippen LogP) is 3.94. The molecule has 0 radical (unpaired) electrons. The number of benzene rings is 2. The van der Waals surface area contributed by atoms with E-state index in [9.17, 15) is 18.5 Å². The van der Waals surface area contributed by atoms with E-state index < -0.39 is 27.5 Å². The average Bonchev–Trinajstić information content (AvgIpc) is 3.42. The minimum Gasteiger partial charge on any atom is -0.497 e. The molecular weight excluding hydrogens is 699 g/mol. The molecule has 15 heteroatoms. The number of sulfonamides is 1. The van der Waals surface area contributed by atoms with Crippen LogP contribution in [0.15, 0.2) is 59.6 Å². The van der Waals surface area contributed by atoms with Gasteiger partial charge in [0.15, 0.2) is 5.54 Å². The van der Waals surface area contributed by atoms with Gasteiger partial charge in [0.1, 0.15) is 16.4 Å². The van der Waals surface area contributed by atoms with Crippen molar-refractivity contribution in [3.8, 4) is 23.4 Å². The number of aromatic nitrogens is 1. The molecule has 6 rings (SSSR count). The Morgan fingerprint density at radius 2 is 1.72 bits per heavy atom. The minimum absolute atomic E-state index is 0.0123. The van der Waals surface area contributed by atoms with Crippen LogP contribution in [0.1, 0.15) is 56.7 Å². The van der Waals surface area contributed by atoms with Crippen molar-refractivity contribution < 1.29 is 32.2 Å². The quantitative estimate of drug-likeness (QED) is 0.287. The third kappa shape index (κ3) is 7.10. The van der Waals surface area contributed by atoms with Gasteiger partial charge in [0, 0.05) is 50.0 Å². The van der Waals surface area contributed by atoms with Crippen molar-refractivity contribution in [2.75, 3.05) is 70.4 Å². The van der Waals surface area contributed by atoms with Crippen LogP contribution in [0, 0.1) is 11.3 Å². The largest absolute Gasteiger partial charge is 0.497 e. The number of carbonyl (C=O) groups excluding carboxylic acids is 2. The number of nitrogens with zero attached hydrogens (tertiary/aromatic N) is 6. The summed E-state index contributed by atoms with van der Waals surface area (Å²) >= 11 is 0. The number of amides is 3. The summed E-state index contributed by atoms with van der Waals surface area (Å²) in [6, 6.07) is 13.6. The molecule has 0 bridgehead atoms. The molecule has 0 spiro atoms. The fourth-order valence-electron chi connectivity index (χ4n) is 7.62. The molecule has 3 aliphatic heterocycles. The zero-order valence-corrected chi connectivity index (χ0v) is 31.5. The van der Waals surface area contributed by atoms with Gasteiger partial charge in [-0.15, -0.1) is 0 Å². The Labute approximate surface area is 311 Å². The Kier molecular flexibility index (Phi) is 11.4. The van der Waals surface area contributed by atoms with Gasteiger partial charge in [-0.05, 0) is 95.2 Å². The van der Waals surface area contributed by atoms with Crippen LogP contribution in [0.4, 0.5) is 10.5 Å². The fourth-order valence-corrected chi connectivity index (χ4v) is 9.21. The molecule has 2 aromatic carbocycles. The van der Waals surface area contributed by atoms with Gasteiger partial charge in [-0.3, -0.25) is 9.69 Å². The normalized spacial score (nSPS) is 19.8. The van der Waals surface area contributed by atoms with E-state index in [1.54, 1.807) is 30.9 Å². The van der Waals surface area contributed by atoms with Crippen molar-refractivity contribution in [2.24, 2.45) is 0 Å². The van der Waals surface area contributed by atoms with Crippen molar-refractivity contribution in [1.82, 2.24) is 25.0 Å². The van der Waals surface area contributed by atoms with Crippen LogP contribution in [0.3, 0.4) is 0 Å². The number of anilines is 1. The van der Waals surface area contributed by atoms with E-state index in [4.69, 9.17) is 14.2 Å². The maximum absolute atomic E-state index is 15.3. The molecule has 0 aliphatic carbocycles. The van der Waals surface area contributed by atoms with Gasteiger partial charge in [0.05, 0.1) is 43.2 Å². The Morgan fingerprint density at radius 1 is 0.981 bits per heavy atom. The molecular formula is C38H47N7O7S. The van der Waals surface area contributed by atoms with Gasteiger partial charge < -0.3 is 29.3 Å².